The van der Waals surface area contributed by atoms with Gasteiger partial charge in [-0.05, 0) is 96.4 Å². The Kier molecular flexibility index (Phi) is 10.0. The SMILES string of the molecule is CCN1/C(=C/C=C2\CC(C)CC(/C=C/c3oc4ccc(-c5ccccc5)cc4[n+]3CC)=C2Cl)Oc2ccc(-c3ccccc3)cc21.[I-]. The van der Waals surface area contributed by atoms with E-state index in [0.29, 0.717) is 5.92 Å². The highest BCUT2D eigenvalue weighted by atomic mass is 127. The summed E-state index contributed by atoms with van der Waals surface area (Å²) in [7, 11) is 0. The lowest BCUT2D eigenvalue weighted by molar-refractivity contribution is -0.674. The lowest BCUT2D eigenvalue weighted by atomic mass is 9.86. The van der Waals surface area contributed by atoms with Crippen molar-refractivity contribution in [3.05, 3.63) is 143 Å². The van der Waals surface area contributed by atoms with Crippen LogP contribution in [-0.2, 0) is 6.54 Å². The van der Waals surface area contributed by atoms with Crippen molar-refractivity contribution >= 4 is 34.5 Å². The summed E-state index contributed by atoms with van der Waals surface area (Å²) in [5, 5.41) is 0.807. The van der Waals surface area contributed by atoms with Gasteiger partial charge in [0, 0.05) is 17.6 Å². The molecule has 2 heterocycles. The number of aromatic nitrogens is 1. The van der Waals surface area contributed by atoms with Crippen LogP contribution in [0.1, 0.15) is 39.5 Å². The number of oxazole rings is 1. The van der Waals surface area contributed by atoms with Crippen LogP contribution < -0.4 is 38.2 Å². The van der Waals surface area contributed by atoms with E-state index < -0.39 is 0 Å². The molecule has 1 aromatic heterocycles. The maximum atomic E-state index is 7.09. The van der Waals surface area contributed by atoms with Crippen molar-refractivity contribution in [2.45, 2.75) is 40.2 Å². The predicted molar refractivity (Wildman–Crippen MR) is 190 cm³/mol. The van der Waals surface area contributed by atoms with Crippen LogP contribution in [0.2, 0.25) is 0 Å². The first-order valence-electron chi connectivity index (χ1n) is 16.2. The van der Waals surface area contributed by atoms with Crippen LogP contribution in [0, 0.1) is 5.92 Å². The van der Waals surface area contributed by atoms with E-state index in [1.54, 1.807) is 0 Å². The van der Waals surface area contributed by atoms with Crippen LogP contribution in [0.3, 0.4) is 0 Å². The van der Waals surface area contributed by atoms with Gasteiger partial charge in [0.15, 0.2) is 5.75 Å². The molecule has 6 heteroatoms. The Hall–Kier alpha value is -4.07. The van der Waals surface area contributed by atoms with Crippen molar-refractivity contribution in [3.63, 3.8) is 0 Å². The van der Waals surface area contributed by atoms with Crippen LogP contribution in [0.5, 0.6) is 5.75 Å². The van der Waals surface area contributed by atoms with Gasteiger partial charge in [-0.1, -0.05) is 97.4 Å². The van der Waals surface area contributed by atoms with Crippen molar-refractivity contribution in [2.24, 2.45) is 5.92 Å². The summed E-state index contributed by atoms with van der Waals surface area (Å²) in [6.07, 6.45) is 10.2. The molecule has 2 aliphatic rings. The second kappa shape index (κ2) is 14.4. The molecule has 4 nitrogen and oxygen atoms in total. The fourth-order valence-corrected chi connectivity index (χ4v) is 6.84. The van der Waals surface area contributed by atoms with Crippen molar-refractivity contribution in [2.75, 3.05) is 11.4 Å². The first kappa shape index (κ1) is 32.9. The highest BCUT2D eigenvalue weighted by Gasteiger charge is 2.26. The van der Waals surface area contributed by atoms with Crippen LogP contribution in [0.15, 0.2) is 142 Å². The van der Waals surface area contributed by atoms with Crippen LogP contribution in [0.4, 0.5) is 5.69 Å². The van der Waals surface area contributed by atoms with E-state index in [2.05, 4.69) is 139 Å². The van der Waals surface area contributed by atoms with E-state index in [-0.39, 0.29) is 24.0 Å². The summed E-state index contributed by atoms with van der Waals surface area (Å²) in [6, 6.07) is 33.7. The number of hydrogen-bond donors (Lipinski definition) is 0. The van der Waals surface area contributed by atoms with Gasteiger partial charge in [0.25, 0.3) is 5.52 Å². The Labute approximate surface area is 299 Å². The Morgan fingerprint density at radius 1 is 0.809 bits per heavy atom. The van der Waals surface area contributed by atoms with Crippen LogP contribution in [-0.4, -0.2) is 6.54 Å². The largest absolute Gasteiger partial charge is 1.00 e. The third-order valence-corrected chi connectivity index (χ3v) is 9.35. The van der Waals surface area contributed by atoms with Crippen molar-refractivity contribution in [1.82, 2.24) is 0 Å². The number of rotatable bonds is 7. The Bertz CT molecular complexity index is 2030. The van der Waals surface area contributed by atoms with E-state index in [1.165, 1.54) is 22.3 Å². The minimum absolute atomic E-state index is 0. The molecule has 0 saturated carbocycles. The molecule has 0 spiro atoms. The number of allylic oxidation sites excluding steroid dienone is 6. The van der Waals surface area contributed by atoms with Gasteiger partial charge in [-0.2, -0.15) is 4.57 Å². The molecule has 5 aromatic rings. The van der Waals surface area contributed by atoms with E-state index in [1.807, 2.05) is 12.1 Å². The summed E-state index contributed by atoms with van der Waals surface area (Å²) >= 11 is 7.09. The molecule has 1 aliphatic carbocycles. The van der Waals surface area contributed by atoms with Gasteiger partial charge in [0.1, 0.15) is 6.54 Å². The highest BCUT2D eigenvalue weighted by Crippen LogP contribution is 2.42. The molecule has 47 heavy (non-hydrogen) atoms. The Morgan fingerprint density at radius 3 is 2.17 bits per heavy atom. The Balaban J connectivity index is 0.00000386. The average Bonchev–Trinajstić information content (AvgIpc) is 3.64. The number of nitrogens with zero attached hydrogens (tertiary/aromatic N) is 2. The predicted octanol–water partition coefficient (Wildman–Crippen LogP) is 7.70. The third kappa shape index (κ3) is 6.69. The number of hydrogen-bond acceptors (Lipinski definition) is 3. The smallest absolute Gasteiger partial charge is 0.374 e. The summed E-state index contributed by atoms with van der Waals surface area (Å²) in [6.45, 7) is 8.18. The molecule has 1 atom stereocenters. The number of fused-ring (bicyclic) bond motifs is 2. The van der Waals surface area contributed by atoms with Gasteiger partial charge in [-0.3, -0.25) is 0 Å². The summed E-state index contributed by atoms with van der Waals surface area (Å²) in [5.74, 6) is 2.97. The van der Waals surface area contributed by atoms with E-state index >= 15 is 0 Å². The third-order valence-electron chi connectivity index (χ3n) is 8.86. The summed E-state index contributed by atoms with van der Waals surface area (Å²) < 4.78 is 14.9. The highest BCUT2D eigenvalue weighted by molar-refractivity contribution is 6.32. The van der Waals surface area contributed by atoms with Gasteiger partial charge < -0.3 is 38.0 Å². The second-order valence-electron chi connectivity index (χ2n) is 12.0. The van der Waals surface area contributed by atoms with E-state index in [9.17, 15) is 0 Å². The number of anilines is 1. The number of ether oxygens (including phenoxy) is 1. The maximum absolute atomic E-state index is 7.09. The molecule has 1 unspecified atom stereocenters. The molecule has 7 rings (SSSR count). The molecule has 0 radical (unpaired) electrons. The summed E-state index contributed by atoms with van der Waals surface area (Å²) in [5.41, 5.74) is 10.0. The second-order valence-corrected chi connectivity index (χ2v) is 12.4. The molecule has 1 aliphatic heterocycles. The molecule has 238 valence electrons. The molecule has 4 aromatic carbocycles. The van der Waals surface area contributed by atoms with Gasteiger partial charge in [-0.25, -0.2) is 0 Å². The maximum Gasteiger partial charge on any atom is 0.374 e. The monoisotopic (exact) mass is 752 g/mol. The van der Waals surface area contributed by atoms with Gasteiger partial charge in [-0.15, -0.1) is 0 Å². The molecule has 0 fully saturated rings. The van der Waals surface area contributed by atoms with Gasteiger partial charge in [0.2, 0.25) is 11.5 Å². The zero-order valence-corrected chi connectivity index (χ0v) is 29.8. The zero-order valence-electron chi connectivity index (χ0n) is 26.9. The minimum Gasteiger partial charge on any atom is -1.00 e. The lowest BCUT2D eigenvalue weighted by Crippen LogP contribution is -3.00. The molecule has 0 saturated heterocycles. The molecule has 0 N–H and O–H groups in total. The average molecular weight is 753 g/mol. The number of halogens is 2. The van der Waals surface area contributed by atoms with Gasteiger partial charge in [0.05, 0.1) is 11.8 Å². The molecule has 0 amide bonds. The normalized spacial score (nSPS) is 17.9. The number of benzene rings is 4. The van der Waals surface area contributed by atoms with E-state index in [4.69, 9.17) is 20.8 Å². The molecule has 0 bridgehead atoms. The van der Waals surface area contributed by atoms with Crippen LogP contribution in [0.25, 0.3) is 39.4 Å². The fourth-order valence-electron chi connectivity index (χ4n) is 6.56. The summed E-state index contributed by atoms with van der Waals surface area (Å²) in [4.78, 5) is 2.22. The molecular formula is C41H38ClIN2O2. The zero-order chi connectivity index (χ0) is 31.6. The fraction of sp³-hybridized carbons (Fsp3) is 0.195. The lowest BCUT2D eigenvalue weighted by Gasteiger charge is -2.22. The standard InChI is InChI=1S/C41H38ClN2O2.HI/c1-4-43-35-26-31(29-12-8-6-9-13-29)16-20-37(35)45-39(43)22-18-33-24-28(3)25-34(41(33)42)19-23-40-44(5-2)36-27-32(17-21-38(36)46-40)30-14-10-7-11-15-30;/h6-23,26-28H,4-5,24-25H2,1-3H3;1H/q+1;/p-1. The quantitative estimate of drug-likeness (QED) is 0.126. The van der Waals surface area contributed by atoms with Crippen LogP contribution >= 0.6 is 11.6 Å². The van der Waals surface area contributed by atoms with E-state index in [0.717, 1.165) is 76.4 Å². The molecular weight excluding hydrogens is 715 g/mol. The number of aryl methyl sites for hydroxylation is 1. The topological polar surface area (TPSA) is 29.5 Å². The first-order chi connectivity index (χ1) is 22.5. The van der Waals surface area contributed by atoms with Crippen molar-refractivity contribution < 1.29 is 37.7 Å². The first-order valence-corrected chi connectivity index (χ1v) is 16.5. The van der Waals surface area contributed by atoms with Gasteiger partial charge >= 0.3 is 5.89 Å². The minimum atomic E-state index is 0. The van der Waals surface area contributed by atoms with Crippen molar-refractivity contribution in [1.29, 1.82) is 0 Å². The Morgan fingerprint density at radius 2 is 1.49 bits per heavy atom. The van der Waals surface area contributed by atoms with Crippen molar-refractivity contribution in [3.8, 4) is 28.0 Å².